The van der Waals surface area contributed by atoms with Gasteiger partial charge in [0.05, 0.1) is 6.61 Å². The number of ether oxygens (including phenoxy) is 1. The summed E-state index contributed by atoms with van der Waals surface area (Å²) in [6.45, 7) is 1.15. The second-order valence-electron chi connectivity index (χ2n) is 4.15. The maximum atomic E-state index is 11.7. The van der Waals surface area contributed by atoms with E-state index in [0.717, 1.165) is 18.6 Å². The molecule has 0 spiro atoms. The molecule has 1 saturated heterocycles. The minimum atomic E-state index is -0.0805. The molecule has 2 heterocycles. The van der Waals surface area contributed by atoms with Crippen LogP contribution in [0.4, 0.5) is 11.5 Å². The highest BCUT2D eigenvalue weighted by Gasteiger charge is 2.36. The molecule has 2 aliphatic rings. The summed E-state index contributed by atoms with van der Waals surface area (Å²) >= 11 is 0. The van der Waals surface area contributed by atoms with Crippen molar-refractivity contribution >= 4 is 17.4 Å². The van der Waals surface area contributed by atoms with Crippen LogP contribution in [-0.4, -0.2) is 30.8 Å². The van der Waals surface area contributed by atoms with Gasteiger partial charge in [0.1, 0.15) is 12.3 Å². The second kappa shape index (κ2) is 3.48. The molecule has 6 nitrogen and oxygen atoms in total. The lowest BCUT2D eigenvalue weighted by Crippen LogP contribution is -2.42. The molecule has 6 heteroatoms. The molecule has 86 valence electrons. The Morgan fingerprint density at radius 1 is 1.44 bits per heavy atom. The number of nitrogen functional groups attached to an aromatic ring is 1. The molecule has 1 saturated carbocycles. The largest absolute Gasteiger partial charge is 0.379 e. The first-order valence-electron chi connectivity index (χ1n) is 5.40. The number of nitrogens with two attached hydrogens (primary N) is 1. The van der Waals surface area contributed by atoms with E-state index in [9.17, 15) is 4.79 Å². The summed E-state index contributed by atoms with van der Waals surface area (Å²) in [6, 6.07) is 0. The number of hydrogen-bond donors (Lipinski definition) is 1. The number of carbonyl (C=O) groups excluding carboxylic acids is 1. The average molecular weight is 223 g/mol. The van der Waals surface area contributed by atoms with Crippen molar-refractivity contribution in [3.8, 4) is 0 Å². The summed E-state index contributed by atoms with van der Waals surface area (Å²) in [5, 5.41) is 3.76. The smallest absolute Gasteiger partial charge is 0.253 e. The lowest BCUT2D eigenvalue weighted by atomic mass is 10.2. The summed E-state index contributed by atoms with van der Waals surface area (Å²) < 4.78 is 10.3. The molecule has 1 aromatic heterocycles. The summed E-state index contributed by atoms with van der Waals surface area (Å²) in [4.78, 5) is 13.3. The number of hydrogen-bond acceptors (Lipinski definition) is 5. The zero-order valence-corrected chi connectivity index (χ0v) is 8.81. The van der Waals surface area contributed by atoms with Crippen molar-refractivity contribution in [1.29, 1.82) is 0 Å². The van der Waals surface area contributed by atoms with E-state index in [1.165, 1.54) is 0 Å². The topological polar surface area (TPSA) is 81.6 Å². The van der Waals surface area contributed by atoms with E-state index in [0.29, 0.717) is 30.6 Å². The fraction of sp³-hybridized carbons (Fsp3) is 0.600. The Morgan fingerprint density at radius 2 is 2.25 bits per heavy atom. The summed E-state index contributed by atoms with van der Waals surface area (Å²) in [6.07, 6.45) is 2.17. The van der Waals surface area contributed by atoms with Crippen LogP contribution in [0, 0.1) is 0 Å². The highest BCUT2D eigenvalue weighted by molar-refractivity contribution is 5.97. The van der Waals surface area contributed by atoms with Gasteiger partial charge < -0.3 is 19.9 Å². The van der Waals surface area contributed by atoms with Gasteiger partial charge in [-0.25, -0.2) is 0 Å². The molecule has 0 bridgehead atoms. The van der Waals surface area contributed by atoms with Gasteiger partial charge in [-0.15, -0.1) is 0 Å². The Balaban J connectivity index is 1.97. The van der Waals surface area contributed by atoms with E-state index < -0.39 is 0 Å². The summed E-state index contributed by atoms with van der Waals surface area (Å²) in [5.41, 5.74) is 6.42. The van der Waals surface area contributed by atoms with Gasteiger partial charge in [-0.2, -0.15) is 0 Å². The third-order valence-electron chi connectivity index (χ3n) is 2.92. The van der Waals surface area contributed by atoms with Gasteiger partial charge in [-0.3, -0.25) is 4.79 Å². The van der Waals surface area contributed by atoms with Crippen molar-refractivity contribution in [3.63, 3.8) is 0 Å². The standard InChI is InChI=1S/C10H13N3O3/c11-10-8(9(16-12-10)6-1-2-6)13-3-4-15-5-7(13)14/h6H,1-5H2,(H2,11,12). The third kappa shape index (κ3) is 1.46. The molecular formula is C10H13N3O3. The van der Waals surface area contributed by atoms with Crippen LogP contribution in [0.15, 0.2) is 4.52 Å². The minimum Gasteiger partial charge on any atom is -0.379 e. The third-order valence-corrected chi connectivity index (χ3v) is 2.92. The van der Waals surface area contributed by atoms with E-state index in [1.54, 1.807) is 4.90 Å². The SMILES string of the molecule is Nc1noc(C2CC2)c1N1CCOCC1=O. The lowest BCUT2D eigenvalue weighted by Gasteiger charge is -2.26. The number of aromatic nitrogens is 1. The molecule has 0 radical (unpaired) electrons. The van der Waals surface area contributed by atoms with Gasteiger partial charge in [0.25, 0.3) is 5.91 Å². The monoisotopic (exact) mass is 223 g/mol. The van der Waals surface area contributed by atoms with E-state index in [1.807, 2.05) is 0 Å². The predicted octanol–water partition coefficient (Wildman–Crippen LogP) is 0.497. The lowest BCUT2D eigenvalue weighted by molar-refractivity contribution is -0.125. The van der Waals surface area contributed by atoms with Crippen molar-refractivity contribution in [2.75, 3.05) is 30.4 Å². The van der Waals surface area contributed by atoms with E-state index in [4.69, 9.17) is 15.0 Å². The number of rotatable bonds is 2. The van der Waals surface area contributed by atoms with E-state index in [2.05, 4.69) is 5.16 Å². The molecule has 0 atom stereocenters. The van der Waals surface area contributed by atoms with Crippen LogP contribution in [0.3, 0.4) is 0 Å². The molecule has 2 fully saturated rings. The van der Waals surface area contributed by atoms with Crippen molar-refractivity contribution in [1.82, 2.24) is 5.16 Å². The van der Waals surface area contributed by atoms with Crippen LogP contribution in [-0.2, 0) is 9.53 Å². The minimum absolute atomic E-state index is 0.0805. The van der Waals surface area contributed by atoms with E-state index in [-0.39, 0.29) is 12.5 Å². The maximum Gasteiger partial charge on any atom is 0.253 e. The van der Waals surface area contributed by atoms with Gasteiger partial charge in [0.15, 0.2) is 11.6 Å². The summed E-state index contributed by atoms with van der Waals surface area (Å²) in [5.74, 6) is 1.36. The maximum absolute atomic E-state index is 11.7. The van der Waals surface area contributed by atoms with Crippen LogP contribution in [0.1, 0.15) is 24.5 Å². The Morgan fingerprint density at radius 3 is 2.94 bits per heavy atom. The predicted molar refractivity (Wildman–Crippen MR) is 56.1 cm³/mol. The normalized spacial score (nSPS) is 21.5. The number of amides is 1. The second-order valence-corrected chi connectivity index (χ2v) is 4.15. The quantitative estimate of drug-likeness (QED) is 0.789. The number of morpholine rings is 1. The fourth-order valence-corrected chi connectivity index (χ4v) is 1.95. The molecule has 1 aliphatic carbocycles. The van der Waals surface area contributed by atoms with Crippen LogP contribution < -0.4 is 10.6 Å². The van der Waals surface area contributed by atoms with Gasteiger partial charge >= 0.3 is 0 Å². The molecular weight excluding hydrogens is 210 g/mol. The number of nitrogens with zero attached hydrogens (tertiary/aromatic N) is 2. The van der Waals surface area contributed by atoms with Crippen molar-refractivity contribution in [3.05, 3.63) is 5.76 Å². The Bertz CT molecular complexity index is 425. The highest BCUT2D eigenvalue weighted by Crippen LogP contribution is 2.46. The number of anilines is 2. The Labute approximate surface area is 92.3 Å². The van der Waals surface area contributed by atoms with Crippen LogP contribution in [0.2, 0.25) is 0 Å². The Kier molecular flexibility index (Phi) is 2.10. The van der Waals surface area contributed by atoms with Crippen molar-refractivity contribution in [2.45, 2.75) is 18.8 Å². The first-order chi connectivity index (χ1) is 7.77. The van der Waals surface area contributed by atoms with Crippen molar-refractivity contribution in [2.24, 2.45) is 0 Å². The highest BCUT2D eigenvalue weighted by atomic mass is 16.5. The molecule has 0 unspecified atom stereocenters. The molecule has 0 aromatic carbocycles. The summed E-state index contributed by atoms with van der Waals surface area (Å²) in [7, 11) is 0. The van der Waals surface area contributed by atoms with E-state index >= 15 is 0 Å². The van der Waals surface area contributed by atoms with Gasteiger partial charge in [-0.1, -0.05) is 5.16 Å². The van der Waals surface area contributed by atoms with Gasteiger partial charge in [0.2, 0.25) is 0 Å². The van der Waals surface area contributed by atoms with Gasteiger partial charge in [-0.05, 0) is 12.8 Å². The zero-order valence-electron chi connectivity index (χ0n) is 8.81. The number of carbonyl (C=O) groups is 1. The molecule has 1 aromatic rings. The molecule has 16 heavy (non-hydrogen) atoms. The molecule has 3 rings (SSSR count). The molecule has 2 N–H and O–H groups in total. The van der Waals surface area contributed by atoms with Crippen molar-refractivity contribution < 1.29 is 14.1 Å². The van der Waals surface area contributed by atoms with Crippen LogP contribution in [0.5, 0.6) is 0 Å². The van der Waals surface area contributed by atoms with Crippen LogP contribution in [0.25, 0.3) is 0 Å². The molecule has 1 aliphatic heterocycles. The Hall–Kier alpha value is -1.56. The van der Waals surface area contributed by atoms with Crippen LogP contribution >= 0.6 is 0 Å². The molecule has 1 amide bonds. The fourth-order valence-electron chi connectivity index (χ4n) is 1.95. The van der Waals surface area contributed by atoms with Gasteiger partial charge in [0, 0.05) is 12.5 Å². The average Bonchev–Trinajstić information content (AvgIpc) is 3.04. The first-order valence-corrected chi connectivity index (χ1v) is 5.40. The zero-order chi connectivity index (χ0) is 11.1. The first kappa shape index (κ1) is 9.65.